The number of likely N-dealkylation sites (tertiary alicyclic amines) is 1. The fourth-order valence-electron chi connectivity index (χ4n) is 2.75. The standard InChI is InChI=1S/C18H25FN2O3/c1-12(13-7-5-8-14(19)11-13)20-16(22)15-9-6-10-21(15)17(23)24-18(2,3)4/h5,7-8,11-12,15H,6,9-10H2,1-4H3,(H,20,22)/t12-,15+/m0/s1. The highest BCUT2D eigenvalue weighted by atomic mass is 19.1. The zero-order chi connectivity index (χ0) is 17.9. The van der Waals surface area contributed by atoms with Gasteiger partial charge in [-0.25, -0.2) is 9.18 Å². The van der Waals surface area contributed by atoms with Crippen molar-refractivity contribution in [2.24, 2.45) is 0 Å². The number of ether oxygens (including phenoxy) is 1. The van der Waals surface area contributed by atoms with Crippen molar-refractivity contribution < 1.29 is 18.7 Å². The first kappa shape index (κ1) is 18.2. The Morgan fingerprint density at radius 3 is 2.71 bits per heavy atom. The Hall–Kier alpha value is -2.11. The second-order valence-corrected chi connectivity index (χ2v) is 7.12. The Labute approximate surface area is 142 Å². The molecular weight excluding hydrogens is 311 g/mol. The maximum atomic E-state index is 13.3. The van der Waals surface area contributed by atoms with E-state index in [0.29, 0.717) is 18.5 Å². The van der Waals surface area contributed by atoms with E-state index in [1.54, 1.807) is 39.8 Å². The summed E-state index contributed by atoms with van der Waals surface area (Å²) < 4.78 is 18.7. The summed E-state index contributed by atoms with van der Waals surface area (Å²) in [6.45, 7) is 7.67. The first-order valence-corrected chi connectivity index (χ1v) is 8.23. The molecule has 0 bridgehead atoms. The molecule has 0 aliphatic carbocycles. The maximum absolute atomic E-state index is 13.3. The molecule has 0 unspecified atom stereocenters. The second-order valence-electron chi connectivity index (χ2n) is 7.12. The third-order valence-corrected chi connectivity index (χ3v) is 3.89. The van der Waals surface area contributed by atoms with Gasteiger partial charge >= 0.3 is 6.09 Å². The van der Waals surface area contributed by atoms with E-state index < -0.39 is 17.7 Å². The van der Waals surface area contributed by atoms with Gasteiger partial charge in [0.25, 0.3) is 0 Å². The zero-order valence-corrected chi connectivity index (χ0v) is 14.6. The minimum absolute atomic E-state index is 0.241. The molecule has 1 aromatic carbocycles. The number of halogens is 1. The van der Waals surface area contributed by atoms with Crippen LogP contribution in [-0.2, 0) is 9.53 Å². The van der Waals surface area contributed by atoms with Crippen LogP contribution < -0.4 is 5.32 Å². The van der Waals surface area contributed by atoms with Gasteiger partial charge in [0, 0.05) is 6.54 Å². The van der Waals surface area contributed by atoms with Crippen molar-refractivity contribution in [1.82, 2.24) is 10.2 Å². The highest BCUT2D eigenvalue weighted by molar-refractivity contribution is 5.86. The Morgan fingerprint density at radius 2 is 2.08 bits per heavy atom. The summed E-state index contributed by atoms with van der Waals surface area (Å²) in [4.78, 5) is 26.3. The second kappa shape index (κ2) is 7.20. The van der Waals surface area contributed by atoms with Gasteiger partial charge in [0.05, 0.1) is 6.04 Å². The average Bonchev–Trinajstić information content (AvgIpc) is 2.95. The van der Waals surface area contributed by atoms with Gasteiger partial charge in [0.2, 0.25) is 5.91 Å². The summed E-state index contributed by atoms with van der Waals surface area (Å²) in [5.74, 6) is -0.583. The van der Waals surface area contributed by atoms with Crippen molar-refractivity contribution in [2.75, 3.05) is 6.54 Å². The molecule has 24 heavy (non-hydrogen) atoms. The van der Waals surface area contributed by atoms with Gasteiger partial charge in [0.15, 0.2) is 0 Å². The number of rotatable bonds is 3. The van der Waals surface area contributed by atoms with E-state index in [1.165, 1.54) is 17.0 Å². The molecule has 1 aliphatic heterocycles. The summed E-state index contributed by atoms with van der Waals surface area (Å²) in [6, 6.07) is 5.24. The molecule has 2 atom stereocenters. The normalized spacial score (nSPS) is 19.0. The number of amides is 2. The van der Waals surface area contributed by atoms with E-state index in [9.17, 15) is 14.0 Å². The van der Waals surface area contributed by atoms with Crippen LogP contribution in [0, 0.1) is 5.82 Å². The molecular formula is C18H25FN2O3. The van der Waals surface area contributed by atoms with Crippen LogP contribution in [0.3, 0.4) is 0 Å². The van der Waals surface area contributed by atoms with Crippen molar-refractivity contribution in [3.63, 3.8) is 0 Å². The third-order valence-electron chi connectivity index (χ3n) is 3.89. The predicted molar refractivity (Wildman–Crippen MR) is 88.9 cm³/mol. The van der Waals surface area contributed by atoms with Crippen LogP contribution >= 0.6 is 0 Å². The van der Waals surface area contributed by atoms with Crippen LogP contribution in [-0.4, -0.2) is 35.1 Å². The zero-order valence-electron chi connectivity index (χ0n) is 14.6. The van der Waals surface area contributed by atoms with E-state index in [1.807, 2.05) is 0 Å². The summed E-state index contributed by atoms with van der Waals surface area (Å²) >= 11 is 0. The highest BCUT2D eigenvalue weighted by Crippen LogP contribution is 2.22. The summed E-state index contributed by atoms with van der Waals surface area (Å²) in [7, 11) is 0. The molecule has 1 fully saturated rings. The first-order chi connectivity index (χ1) is 11.2. The van der Waals surface area contributed by atoms with Crippen molar-refractivity contribution in [1.29, 1.82) is 0 Å². The molecule has 1 N–H and O–H groups in total. The highest BCUT2D eigenvalue weighted by Gasteiger charge is 2.36. The smallest absolute Gasteiger partial charge is 0.410 e. The number of hydrogen-bond acceptors (Lipinski definition) is 3. The van der Waals surface area contributed by atoms with Crippen molar-refractivity contribution in [3.8, 4) is 0 Å². The monoisotopic (exact) mass is 336 g/mol. The van der Waals surface area contributed by atoms with E-state index in [2.05, 4.69) is 5.32 Å². The molecule has 6 heteroatoms. The van der Waals surface area contributed by atoms with Crippen LogP contribution in [0.25, 0.3) is 0 Å². The van der Waals surface area contributed by atoms with Crippen LogP contribution in [0.1, 0.15) is 52.1 Å². The third kappa shape index (κ3) is 4.69. The van der Waals surface area contributed by atoms with Gasteiger partial charge in [-0.1, -0.05) is 12.1 Å². The SMILES string of the molecule is C[C@H](NC(=O)[C@H]1CCCN1C(=O)OC(C)(C)C)c1cccc(F)c1. The molecule has 2 amide bonds. The summed E-state index contributed by atoms with van der Waals surface area (Å²) in [5.41, 5.74) is 0.0837. The van der Waals surface area contributed by atoms with Crippen LogP contribution in [0.4, 0.5) is 9.18 Å². The van der Waals surface area contributed by atoms with Gasteiger partial charge < -0.3 is 10.1 Å². The lowest BCUT2D eigenvalue weighted by Crippen LogP contribution is -2.48. The molecule has 0 saturated carbocycles. The predicted octanol–water partition coefficient (Wildman–Crippen LogP) is 3.40. The molecule has 0 aromatic heterocycles. The van der Waals surface area contributed by atoms with E-state index in [4.69, 9.17) is 4.74 Å². The van der Waals surface area contributed by atoms with Crippen LogP contribution in [0.5, 0.6) is 0 Å². The van der Waals surface area contributed by atoms with Gasteiger partial charge in [-0.2, -0.15) is 0 Å². The Morgan fingerprint density at radius 1 is 1.38 bits per heavy atom. The largest absolute Gasteiger partial charge is 0.444 e. The van der Waals surface area contributed by atoms with Gasteiger partial charge in [0.1, 0.15) is 17.5 Å². The van der Waals surface area contributed by atoms with E-state index in [-0.39, 0.29) is 17.8 Å². The van der Waals surface area contributed by atoms with Crippen LogP contribution in [0.15, 0.2) is 24.3 Å². The molecule has 1 aromatic rings. The first-order valence-electron chi connectivity index (χ1n) is 8.23. The maximum Gasteiger partial charge on any atom is 0.410 e. The number of nitrogens with one attached hydrogen (secondary N) is 1. The number of carbonyl (C=O) groups excluding carboxylic acids is 2. The molecule has 0 radical (unpaired) electrons. The Balaban J connectivity index is 2.01. The van der Waals surface area contributed by atoms with Gasteiger partial charge in [-0.05, 0) is 58.2 Å². The molecule has 5 nitrogen and oxygen atoms in total. The molecule has 2 rings (SSSR count). The van der Waals surface area contributed by atoms with Crippen molar-refractivity contribution in [3.05, 3.63) is 35.6 Å². The van der Waals surface area contributed by atoms with E-state index >= 15 is 0 Å². The lowest BCUT2D eigenvalue weighted by atomic mass is 10.1. The lowest BCUT2D eigenvalue weighted by Gasteiger charge is -2.28. The van der Waals surface area contributed by atoms with Gasteiger partial charge in [-0.15, -0.1) is 0 Å². The number of carbonyl (C=O) groups is 2. The minimum atomic E-state index is -0.602. The summed E-state index contributed by atoms with van der Waals surface area (Å²) in [6.07, 6.45) is 0.880. The fraction of sp³-hybridized carbons (Fsp3) is 0.556. The number of hydrogen-bond donors (Lipinski definition) is 1. The lowest BCUT2D eigenvalue weighted by molar-refractivity contribution is -0.126. The van der Waals surface area contributed by atoms with Crippen molar-refractivity contribution >= 4 is 12.0 Å². The number of nitrogens with zero attached hydrogens (tertiary/aromatic N) is 1. The van der Waals surface area contributed by atoms with Crippen LogP contribution in [0.2, 0.25) is 0 Å². The molecule has 1 aliphatic rings. The van der Waals surface area contributed by atoms with Crippen molar-refractivity contribution in [2.45, 2.75) is 58.2 Å². The molecule has 1 heterocycles. The molecule has 132 valence electrons. The van der Waals surface area contributed by atoms with Gasteiger partial charge in [-0.3, -0.25) is 9.69 Å². The fourth-order valence-corrected chi connectivity index (χ4v) is 2.75. The Kier molecular flexibility index (Phi) is 5.47. The average molecular weight is 336 g/mol. The topological polar surface area (TPSA) is 58.6 Å². The summed E-state index contributed by atoms with van der Waals surface area (Å²) in [5, 5.41) is 2.86. The molecule has 1 saturated heterocycles. The minimum Gasteiger partial charge on any atom is -0.444 e. The van der Waals surface area contributed by atoms with E-state index in [0.717, 1.165) is 6.42 Å². The quantitative estimate of drug-likeness (QED) is 0.920. The molecule has 0 spiro atoms. The number of benzene rings is 1. The Bertz CT molecular complexity index is 613.